The third-order valence-electron chi connectivity index (χ3n) is 3.97. The topological polar surface area (TPSA) is 31.2 Å². The van der Waals surface area contributed by atoms with Crippen LogP contribution in [0.5, 0.6) is 5.75 Å². The van der Waals surface area contributed by atoms with Gasteiger partial charge in [-0.25, -0.2) is 0 Å². The third kappa shape index (κ3) is 3.93. The quantitative estimate of drug-likeness (QED) is 0.502. The molecule has 3 rings (SSSR count). The SMILES string of the molecule is Cc1ccc(OCCn2cc(C(=O)C(F)(F)F)c3cc(Br)ccc32)cc1. The van der Waals surface area contributed by atoms with Crippen LogP contribution in [-0.4, -0.2) is 23.1 Å². The summed E-state index contributed by atoms with van der Waals surface area (Å²) in [7, 11) is 0. The minimum Gasteiger partial charge on any atom is -0.492 e. The third-order valence-corrected chi connectivity index (χ3v) is 4.46. The maximum absolute atomic E-state index is 12.9. The van der Waals surface area contributed by atoms with E-state index in [1.807, 2.05) is 31.2 Å². The molecule has 7 heteroatoms. The van der Waals surface area contributed by atoms with Crippen molar-refractivity contribution in [1.82, 2.24) is 4.57 Å². The van der Waals surface area contributed by atoms with Gasteiger partial charge in [-0.3, -0.25) is 4.79 Å². The first-order chi connectivity index (χ1) is 12.3. The van der Waals surface area contributed by atoms with Crippen LogP contribution in [0, 0.1) is 6.92 Å². The molecule has 0 radical (unpaired) electrons. The Labute approximate surface area is 156 Å². The minimum atomic E-state index is -4.92. The van der Waals surface area contributed by atoms with E-state index in [2.05, 4.69) is 15.9 Å². The van der Waals surface area contributed by atoms with E-state index in [9.17, 15) is 18.0 Å². The van der Waals surface area contributed by atoms with Crippen molar-refractivity contribution in [2.75, 3.05) is 6.61 Å². The number of halogens is 4. The highest BCUT2D eigenvalue weighted by atomic mass is 79.9. The van der Waals surface area contributed by atoms with Gasteiger partial charge in [-0.15, -0.1) is 0 Å². The number of fused-ring (bicyclic) bond motifs is 1. The van der Waals surface area contributed by atoms with Crippen molar-refractivity contribution in [2.45, 2.75) is 19.6 Å². The minimum absolute atomic E-state index is 0.261. The number of aryl methyl sites for hydroxylation is 1. The average Bonchev–Trinajstić information content (AvgIpc) is 2.93. The number of carbonyl (C=O) groups is 1. The van der Waals surface area contributed by atoms with E-state index in [-0.39, 0.29) is 17.6 Å². The summed E-state index contributed by atoms with van der Waals surface area (Å²) < 4.78 is 46.5. The van der Waals surface area contributed by atoms with Gasteiger partial charge in [-0.2, -0.15) is 13.2 Å². The molecular weight excluding hydrogens is 411 g/mol. The first kappa shape index (κ1) is 18.5. The number of carbonyl (C=O) groups excluding carboxylic acids is 1. The number of Topliss-reactive ketones (excluding diaryl/α,β-unsaturated/α-hetero) is 1. The summed E-state index contributed by atoms with van der Waals surface area (Å²) in [5, 5.41) is 0.261. The Balaban J connectivity index is 1.86. The van der Waals surface area contributed by atoms with Crippen LogP contribution in [0.15, 0.2) is 53.1 Å². The number of hydrogen-bond donors (Lipinski definition) is 0. The molecule has 0 amide bonds. The molecule has 3 nitrogen and oxygen atoms in total. The number of alkyl halides is 3. The molecule has 1 aromatic heterocycles. The Bertz CT molecular complexity index is 946. The second kappa shape index (κ2) is 7.15. The van der Waals surface area contributed by atoms with Crippen molar-refractivity contribution < 1.29 is 22.7 Å². The van der Waals surface area contributed by atoms with Crippen molar-refractivity contribution in [2.24, 2.45) is 0 Å². The van der Waals surface area contributed by atoms with Gasteiger partial charge in [0.05, 0.1) is 12.1 Å². The Morgan fingerprint density at radius 3 is 2.50 bits per heavy atom. The first-order valence-electron chi connectivity index (χ1n) is 7.85. The van der Waals surface area contributed by atoms with E-state index in [0.717, 1.165) is 5.56 Å². The lowest BCUT2D eigenvalue weighted by Gasteiger charge is -2.08. The smallest absolute Gasteiger partial charge is 0.454 e. The van der Waals surface area contributed by atoms with E-state index in [0.29, 0.717) is 22.3 Å². The number of hydrogen-bond acceptors (Lipinski definition) is 2. The number of benzene rings is 2. The highest BCUT2D eigenvalue weighted by molar-refractivity contribution is 9.10. The maximum atomic E-state index is 12.9. The van der Waals surface area contributed by atoms with Crippen molar-refractivity contribution in [3.63, 3.8) is 0 Å². The van der Waals surface area contributed by atoms with Gasteiger partial charge in [0.2, 0.25) is 0 Å². The molecule has 0 saturated heterocycles. The van der Waals surface area contributed by atoms with Crippen molar-refractivity contribution in [3.8, 4) is 5.75 Å². The molecule has 3 aromatic rings. The van der Waals surface area contributed by atoms with Crippen LogP contribution >= 0.6 is 15.9 Å². The van der Waals surface area contributed by atoms with Gasteiger partial charge in [0.15, 0.2) is 0 Å². The zero-order valence-electron chi connectivity index (χ0n) is 13.8. The molecule has 2 aromatic carbocycles. The predicted molar refractivity (Wildman–Crippen MR) is 96.7 cm³/mol. The van der Waals surface area contributed by atoms with Crippen molar-refractivity contribution in [1.29, 1.82) is 0 Å². The van der Waals surface area contributed by atoms with E-state index >= 15 is 0 Å². The Morgan fingerprint density at radius 1 is 1.15 bits per heavy atom. The fourth-order valence-corrected chi connectivity index (χ4v) is 3.05. The van der Waals surface area contributed by atoms with Crippen LogP contribution in [0.4, 0.5) is 13.2 Å². The van der Waals surface area contributed by atoms with E-state index in [1.54, 1.807) is 16.7 Å². The summed E-state index contributed by atoms with van der Waals surface area (Å²) >= 11 is 3.24. The van der Waals surface area contributed by atoms with Crippen LogP contribution < -0.4 is 4.74 Å². The van der Waals surface area contributed by atoms with Gasteiger partial charge in [0, 0.05) is 21.6 Å². The second-order valence-corrected chi connectivity index (χ2v) is 6.80. The van der Waals surface area contributed by atoms with E-state index in [1.165, 1.54) is 12.3 Å². The molecule has 0 saturated carbocycles. The first-order valence-corrected chi connectivity index (χ1v) is 8.64. The van der Waals surface area contributed by atoms with Gasteiger partial charge in [0.1, 0.15) is 12.4 Å². The fourth-order valence-electron chi connectivity index (χ4n) is 2.68. The molecule has 26 heavy (non-hydrogen) atoms. The number of nitrogens with zero attached hydrogens (tertiary/aromatic N) is 1. The molecule has 0 atom stereocenters. The Kier molecular flexibility index (Phi) is 5.09. The molecule has 1 heterocycles. The summed E-state index contributed by atoms with van der Waals surface area (Å²) in [5.41, 5.74) is 1.30. The number of rotatable bonds is 5. The molecule has 0 N–H and O–H groups in total. The Hall–Kier alpha value is -2.28. The molecule has 0 aliphatic rings. The average molecular weight is 426 g/mol. The van der Waals surface area contributed by atoms with Crippen molar-refractivity contribution in [3.05, 3.63) is 64.3 Å². The summed E-state index contributed by atoms with van der Waals surface area (Å²) in [6.07, 6.45) is -3.68. The van der Waals surface area contributed by atoms with Crippen LogP contribution in [0.2, 0.25) is 0 Å². The van der Waals surface area contributed by atoms with Gasteiger partial charge in [-0.05, 0) is 37.3 Å². The summed E-state index contributed by atoms with van der Waals surface area (Å²) in [6, 6.07) is 12.4. The molecule has 0 aliphatic carbocycles. The highest BCUT2D eigenvalue weighted by Gasteiger charge is 2.40. The molecule has 0 fully saturated rings. The van der Waals surface area contributed by atoms with Crippen LogP contribution in [-0.2, 0) is 6.54 Å². The summed E-state index contributed by atoms with van der Waals surface area (Å²) in [5.74, 6) is -1.17. The Morgan fingerprint density at radius 2 is 1.85 bits per heavy atom. The summed E-state index contributed by atoms with van der Waals surface area (Å²) in [6.45, 7) is 2.55. The zero-order valence-corrected chi connectivity index (χ0v) is 15.4. The number of ether oxygens (including phenoxy) is 1. The summed E-state index contributed by atoms with van der Waals surface area (Å²) in [4.78, 5) is 11.7. The van der Waals surface area contributed by atoms with Gasteiger partial charge in [-0.1, -0.05) is 33.6 Å². The predicted octanol–water partition coefficient (Wildman–Crippen LogP) is 5.54. The van der Waals surface area contributed by atoms with Crippen molar-refractivity contribution >= 4 is 32.6 Å². The lowest BCUT2D eigenvalue weighted by Crippen LogP contribution is -2.22. The van der Waals surface area contributed by atoms with Crippen LogP contribution in [0.1, 0.15) is 15.9 Å². The normalized spacial score (nSPS) is 11.7. The second-order valence-electron chi connectivity index (χ2n) is 5.89. The standard InChI is InChI=1S/C19H15BrF3NO2/c1-12-2-5-14(6-3-12)26-9-8-24-11-16(18(25)19(21,22)23)15-10-13(20)4-7-17(15)24/h2-7,10-11H,8-9H2,1H3. The van der Waals surface area contributed by atoms with E-state index in [4.69, 9.17) is 4.74 Å². The van der Waals surface area contributed by atoms with Crippen LogP contribution in [0.25, 0.3) is 10.9 Å². The number of ketones is 1. The molecular formula is C19H15BrF3NO2. The van der Waals surface area contributed by atoms with Crippen LogP contribution in [0.3, 0.4) is 0 Å². The largest absolute Gasteiger partial charge is 0.492 e. The zero-order chi connectivity index (χ0) is 18.9. The lowest BCUT2D eigenvalue weighted by atomic mass is 10.1. The molecule has 0 unspecified atom stereocenters. The lowest BCUT2D eigenvalue weighted by molar-refractivity contribution is -0.0884. The fraction of sp³-hybridized carbons (Fsp3) is 0.211. The molecule has 0 spiro atoms. The molecule has 0 bridgehead atoms. The maximum Gasteiger partial charge on any atom is 0.454 e. The molecule has 136 valence electrons. The highest BCUT2D eigenvalue weighted by Crippen LogP contribution is 2.30. The van der Waals surface area contributed by atoms with Gasteiger partial charge >= 0.3 is 6.18 Å². The monoisotopic (exact) mass is 425 g/mol. The number of aromatic nitrogens is 1. The van der Waals surface area contributed by atoms with E-state index < -0.39 is 12.0 Å². The van der Waals surface area contributed by atoms with Gasteiger partial charge < -0.3 is 9.30 Å². The van der Waals surface area contributed by atoms with Gasteiger partial charge in [0.25, 0.3) is 5.78 Å². The molecule has 0 aliphatic heterocycles.